The summed E-state index contributed by atoms with van der Waals surface area (Å²) >= 11 is 0. The molecule has 1 aromatic rings. The molecule has 92 valence electrons. The Labute approximate surface area is 101 Å². The Morgan fingerprint density at radius 3 is 2.35 bits per heavy atom. The molecule has 3 heteroatoms. The van der Waals surface area contributed by atoms with E-state index < -0.39 is 11.4 Å². The molecule has 17 heavy (non-hydrogen) atoms. The maximum atomic E-state index is 11.6. The van der Waals surface area contributed by atoms with Gasteiger partial charge in [0.15, 0.2) is 0 Å². The summed E-state index contributed by atoms with van der Waals surface area (Å²) in [5, 5.41) is 19.2. The van der Waals surface area contributed by atoms with Crippen molar-refractivity contribution in [2.45, 2.75) is 44.4 Å². The summed E-state index contributed by atoms with van der Waals surface area (Å²) in [4.78, 5) is 11.6. The van der Waals surface area contributed by atoms with Gasteiger partial charge in [0.1, 0.15) is 5.75 Å². The lowest BCUT2D eigenvalue weighted by molar-refractivity contribution is -0.145. The molecule has 0 spiro atoms. The summed E-state index contributed by atoms with van der Waals surface area (Å²) in [7, 11) is 0. The number of hydrogen-bond acceptors (Lipinski definition) is 2. The maximum Gasteiger partial charge on any atom is 0.314 e. The summed E-state index contributed by atoms with van der Waals surface area (Å²) in [6, 6.07) is 5.15. The highest BCUT2D eigenvalue weighted by Gasteiger charge is 2.41. The lowest BCUT2D eigenvalue weighted by atomic mass is 9.69. The first-order valence-electron chi connectivity index (χ1n) is 6.09. The van der Waals surface area contributed by atoms with E-state index in [0.717, 1.165) is 30.4 Å². The Kier molecular flexibility index (Phi) is 3.09. The minimum Gasteiger partial charge on any atom is -0.508 e. The summed E-state index contributed by atoms with van der Waals surface area (Å²) < 4.78 is 0. The number of aromatic hydroxyl groups is 1. The Morgan fingerprint density at radius 1 is 1.18 bits per heavy atom. The van der Waals surface area contributed by atoms with E-state index >= 15 is 0 Å². The predicted octanol–water partition coefficient (Wildman–Crippen LogP) is 2.99. The van der Waals surface area contributed by atoms with Crippen LogP contribution in [-0.2, 0) is 10.2 Å². The smallest absolute Gasteiger partial charge is 0.314 e. The van der Waals surface area contributed by atoms with E-state index in [2.05, 4.69) is 0 Å². The molecule has 1 saturated carbocycles. The Bertz CT molecular complexity index is 411. The Balaban J connectivity index is 2.48. The lowest BCUT2D eigenvalue weighted by Gasteiger charge is -2.33. The van der Waals surface area contributed by atoms with Gasteiger partial charge in [-0.3, -0.25) is 4.79 Å². The second kappa shape index (κ2) is 4.40. The third kappa shape index (κ3) is 2.14. The van der Waals surface area contributed by atoms with Crippen molar-refractivity contribution in [2.75, 3.05) is 0 Å². The number of phenolic OH excluding ortho intramolecular Hbond substituents is 1. The molecule has 0 saturated heterocycles. The summed E-state index contributed by atoms with van der Waals surface area (Å²) in [6.45, 7) is 1.88. The van der Waals surface area contributed by atoms with Gasteiger partial charge >= 0.3 is 5.97 Å². The van der Waals surface area contributed by atoms with E-state index in [1.54, 1.807) is 12.1 Å². The number of benzene rings is 1. The zero-order valence-corrected chi connectivity index (χ0v) is 10.1. The third-order valence-electron chi connectivity index (χ3n) is 3.73. The van der Waals surface area contributed by atoms with Crippen molar-refractivity contribution in [3.05, 3.63) is 29.3 Å². The fourth-order valence-electron chi connectivity index (χ4n) is 2.82. The van der Waals surface area contributed by atoms with Gasteiger partial charge < -0.3 is 10.2 Å². The molecule has 1 aliphatic rings. The van der Waals surface area contributed by atoms with Gasteiger partial charge in [-0.2, -0.15) is 0 Å². The van der Waals surface area contributed by atoms with Gasteiger partial charge in [-0.1, -0.05) is 25.3 Å². The molecule has 3 nitrogen and oxygen atoms in total. The Morgan fingerprint density at radius 2 is 1.82 bits per heavy atom. The quantitative estimate of drug-likeness (QED) is 0.827. The first-order valence-corrected chi connectivity index (χ1v) is 6.09. The van der Waals surface area contributed by atoms with Crippen LogP contribution in [0.4, 0.5) is 0 Å². The number of rotatable bonds is 2. The monoisotopic (exact) mass is 234 g/mol. The van der Waals surface area contributed by atoms with Crippen LogP contribution in [0.25, 0.3) is 0 Å². The molecule has 0 aromatic heterocycles. The van der Waals surface area contributed by atoms with Crippen LogP contribution in [0.2, 0.25) is 0 Å². The highest BCUT2D eigenvalue weighted by atomic mass is 16.4. The zero-order valence-electron chi connectivity index (χ0n) is 10.1. The first-order chi connectivity index (χ1) is 8.04. The molecule has 1 aromatic carbocycles. The van der Waals surface area contributed by atoms with Crippen LogP contribution in [0.15, 0.2) is 18.2 Å². The van der Waals surface area contributed by atoms with Crippen LogP contribution in [-0.4, -0.2) is 16.2 Å². The zero-order chi connectivity index (χ0) is 12.5. The summed E-state index contributed by atoms with van der Waals surface area (Å²) in [5.74, 6) is -0.603. The van der Waals surface area contributed by atoms with Crippen molar-refractivity contribution in [1.29, 1.82) is 0 Å². The number of carboxylic acid groups (broad SMARTS) is 1. The van der Waals surface area contributed by atoms with Crippen LogP contribution >= 0.6 is 0 Å². The summed E-state index contributed by atoms with van der Waals surface area (Å²) in [6.07, 6.45) is 4.34. The van der Waals surface area contributed by atoms with Crippen molar-refractivity contribution in [3.63, 3.8) is 0 Å². The largest absolute Gasteiger partial charge is 0.508 e. The maximum absolute atomic E-state index is 11.6. The molecule has 0 amide bonds. The second-order valence-corrected chi connectivity index (χ2v) is 5.01. The SMILES string of the molecule is Cc1cc(O)cc(C2(C(=O)O)CCCCC2)c1. The fraction of sp³-hybridized carbons (Fsp3) is 0.500. The highest BCUT2D eigenvalue weighted by molar-refractivity contribution is 5.81. The molecule has 0 heterocycles. The van der Waals surface area contributed by atoms with Crippen LogP contribution in [0.1, 0.15) is 43.2 Å². The van der Waals surface area contributed by atoms with Gasteiger partial charge in [0.05, 0.1) is 5.41 Å². The summed E-state index contributed by atoms with van der Waals surface area (Å²) in [5.41, 5.74) is 0.871. The van der Waals surface area contributed by atoms with Gasteiger partial charge in [0.2, 0.25) is 0 Å². The highest BCUT2D eigenvalue weighted by Crippen LogP contribution is 2.41. The molecule has 0 atom stereocenters. The fourth-order valence-corrected chi connectivity index (χ4v) is 2.82. The van der Waals surface area contributed by atoms with Gasteiger partial charge in [-0.05, 0) is 43.0 Å². The van der Waals surface area contributed by atoms with Gasteiger partial charge in [0.25, 0.3) is 0 Å². The number of phenols is 1. The van der Waals surface area contributed by atoms with Crippen LogP contribution in [0.5, 0.6) is 5.75 Å². The van der Waals surface area contributed by atoms with Crippen molar-refractivity contribution >= 4 is 5.97 Å². The third-order valence-corrected chi connectivity index (χ3v) is 3.73. The molecule has 2 N–H and O–H groups in total. The molecular formula is C14H18O3. The van der Waals surface area contributed by atoms with Gasteiger partial charge in [0, 0.05) is 0 Å². The molecule has 1 aliphatic carbocycles. The van der Waals surface area contributed by atoms with Gasteiger partial charge in [-0.15, -0.1) is 0 Å². The average molecular weight is 234 g/mol. The number of carboxylic acids is 1. The Hall–Kier alpha value is -1.51. The predicted molar refractivity (Wildman–Crippen MR) is 65.2 cm³/mol. The lowest BCUT2D eigenvalue weighted by Crippen LogP contribution is -2.37. The van der Waals surface area contributed by atoms with E-state index in [1.807, 2.05) is 13.0 Å². The molecule has 0 unspecified atom stereocenters. The van der Waals surface area contributed by atoms with Crippen LogP contribution < -0.4 is 0 Å². The number of hydrogen-bond donors (Lipinski definition) is 2. The van der Waals surface area contributed by atoms with E-state index in [9.17, 15) is 15.0 Å². The minimum absolute atomic E-state index is 0.159. The van der Waals surface area contributed by atoms with Crippen molar-refractivity contribution in [2.24, 2.45) is 0 Å². The molecule has 2 rings (SSSR count). The first kappa shape index (κ1) is 12.0. The number of aliphatic carboxylic acids is 1. The average Bonchev–Trinajstić information content (AvgIpc) is 2.28. The molecule has 1 fully saturated rings. The second-order valence-electron chi connectivity index (χ2n) is 5.01. The van der Waals surface area contributed by atoms with E-state index in [4.69, 9.17) is 0 Å². The molecular weight excluding hydrogens is 216 g/mol. The minimum atomic E-state index is -0.790. The van der Waals surface area contributed by atoms with Crippen LogP contribution in [0.3, 0.4) is 0 Å². The number of carbonyl (C=O) groups is 1. The molecule has 0 aliphatic heterocycles. The van der Waals surface area contributed by atoms with Gasteiger partial charge in [-0.25, -0.2) is 0 Å². The van der Waals surface area contributed by atoms with E-state index in [1.165, 1.54) is 0 Å². The number of aryl methyl sites for hydroxylation is 1. The van der Waals surface area contributed by atoms with Crippen LogP contribution in [0, 0.1) is 6.92 Å². The molecule has 0 radical (unpaired) electrons. The standard InChI is InChI=1S/C14H18O3/c1-10-7-11(9-12(15)8-10)14(13(16)17)5-3-2-4-6-14/h7-9,15H,2-6H2,1H3,(H,16,17). The van der Waals surface area contributed by atoms with Crippen molar-refractivity contribution < 1.29 is 15.0 Å². The molecule has 0 bridgehead atoms. The normalized spacial score (nSPS) is 18.9. The topological polar surface area (TPSA) is 57.5 Å². The van der Waals surface area contributed by atoms with Crippen molar-refractivity contribution in [3.8, 4) is 5.75 Å². The van der Waals surface area contributed by atoms with E-state index in [-0.39, 0.29) is 5.75 Å². The van der Waals surface area contributed by atoms with E-state index in [0.29, 0.717) is 12.8 Å². The van der Waals surface area contributed by atoms with Crippen molar-refractivity contribution in [1.82, 2.24) is 0 Å².